The van der Waals surface area contributed by atoms with Gasteiger partial charge in [0, 0.05) is 24.7 Å². The largest absolute Gasteiger partial charge is 0.472 e. The molecule has 1 aliphatic heterocycles. The number of amides is 2. The Morgan fingerprint density at radius 1 is 1.20 bits per heavy atom. The lowest BCUT2D eigenvalue weighted by molar-refractivity contribution is -0.121. The van der Waals surface area contributed by atoms with Crippen LogP contribution in [0.5, 0.6) is 0 Å². The molecular formula is C19H19N3O3. The highest BCUT2D eigenvalue weighted by molar-refractivity contribution is 5.95. The van der Waals surface area contributed by atoms with E-state index in [0.717, 1.165) is 11.3 Å². The zero-order valence-electron chi connectivity index (χ0n) is 13.8. The Bertz CT molecular complexity index is 767. The molecule has 1 aromatic heterocycles. The van der Waals surface area contributed by atoms with Crippen LogP contribution in [0.4, 0.5) is 5.69 Å². The monoisotopic (exact) mass is 337 g/mol. The van der Waals surface area contributed by atoms with E-state index in [9.17, 15) is 9.59 Å². The number of carbonyl (C=O) groups is 2. The Balaban J connectivity index is 1.51. The van der Waals surface area contributed by atoms with Crippen molar-refractivity contribution in [2.75, 3.05) is 18.4 Å². The van der Waals surface area contributed by atoms with Gasteiger partial charge in [0.05, 0.1) is 24.3 Å². The first-order valence-corrected chi connectivity index (χ1v) is 8.25. The van der Waals surface area contributed by atoms with Gasteiger partial charge >= 0.3 is 0 Å². The van der Waals surface area contributed by atoms with E-state index in [-0.39, 0.29) is 17.7 Å². The van der Waals surface area contributed by atoms with Crippen molar-refractivity contribution in [2.45, 2.75) is 19.3 Å². The van der Waals surface area contributed by atoms with Gasteiger partial charge in [-0.2, -0.15) is 5.26 Å². The fourth-order valence-electron chi connectivity index (χ4n) is 2.96. The van der Waals surface area contributed by atoms with E-state index in [1.165, 1.54) is 12.5 Å². The second-order valence-electron chi connectivity index (χ2n) is 6.10. The van der Waals surface area contributed by atoms with Gasteiger partial charge in [-0.1, -0.05) is 12.1 Å². The number of hydrogen-bond acceptors (Lipinski definition) is 4. The van der Waals surface area contributed by atoms with Crippen LogP contribution in [0.2, 0.25) is 0 Å². The minimum atomic E-state index is -0.104. The standard InChI is InChI=1S/C19H19N3O3/c20-9-5-14-1-3-17(4-2-14)21-18(23)15-6-10-22(11-7-15)19(24)16-8-12-25-13-16/h1-4,8,12-13,15H,5-7,10-11H2,(H,21,23). The average Bonchev–Trinajstić information content (AvgIpc) is 3.18. The van der Waals surface area contributed by atoms with E-state index in [0.29, 0.717) is 37.9 Å². The first kappa shape index (κ1) is 16.8. The van der Waals surface area contributed by atoms with Crippen LogP contribution in [0.1, 0.15) is 28.8 Å². The molecule has 0 spiro atoms. The van der Waals surface area contributed by atoms with Gasteiger partial charge < -0.3 is 14.6 Å². The molecule has 2 aromatic rings. The van der Waals surface area contributed by atoms with E-state index < -0.39 is 0 Å². The van der Waals surface area contributed by atoms with Crippen LogP contribution in [-0.4, -0.2) is 29.8 Å². The van der Waals surface area contributed by atoms with Crippen molar-refractivity contribution < 1.29 is 14.0 Å². The number of anilines is 1. The molecule has 0 unspecified atom stereocenters. The Labute approximate surface area is 146 Å². The normalized spacial score (nSPS) is 14.8. The fraction of sp³-hybridized carbons (Fsp3) is 0.316. The van der Waals surface area contributed by atoms with Crippen LogP contribution >= 0.6 is 0 Å². The van der Waals surface area contributed by atoms with E-state index in [1.54, 1.807) is 11.0 Å². The number of nitrogens with one attached hydrogen (secondary N) is 1. The minimum absolute atomic E-state index is 0.0246. The molecule has 128 valence electrons. The van der Waals surface area contributed by atoms with Crippen molar-refractivity contribution in [2.24, 2.45) is 5.92 Å². The van der Waals surface area contributed by atoms with Gasteiger partial charge in [-0.15, -0.1) is 0 Å². The maximum Gasteiger partial charge on any atom is 0.257 e. The number of likely N-dealkylation sites (tertiary alicyclic amines) is 1. The van der Waals surface area contributed by atoms with Crippen LogP contribution < -0.4 is 5.32 Å². The van der Waals surface area contributed by atoms with Crippen LogP contribution in [0.25, 0.3) is 0 Å². The van der Waals surface area contributed by atoms with Crippen LogP contribution in [0.15, 0.2) is 47.3 Å². The third kappa shape index (κ3) is 4.07. The van der Waals surface area contributed by atoms with E-state index in [1.807, 2.05) is 24.3 Å². The van der Waals surface area contributed by atoms with E-state index in [4.69, 9.17) is 9.68 Å². The molecule has 6 heteroatoms. The summed E-state index contributed by atoms with van der Waals surface area (Å²) in [6, 6.07) is 11.0. The van der Waals surface area contributed by atoms with Crippen LogP contribution in [-0.2, 0) is 11.2 Å². The molecule has 1 fully saturated rings. The van der Waals surface area contributed by atoms with E-state index >= 15 is 0 Å². The summed E-state index contributed by atoms with van der Waals surface area (Å²) in [4.78, 5) is 26.4. The third-order valence-corrected chi connectivity index (χ3v) is 4.43. The van der Waals surface area contributed by atoms with Crippen molar-refractivity contribution in [3.63, 3.8) is 0 Å². The second-order valence-corrected chi connectivity index (χ2v) is 6.10. The van der Waals surface area contributed by atoms with Gasteiger partial charge in [0.1, 0.15) is 6.26 Å². The molecule has 1 saturated heterocycles. The minimum Gasteiger partial charge on any atom is -0.472 e. The Morgan fingerprint density at radius 2 is 1.92 bits per heavy atom. The van der Waals surface area contributed by atoms with Crippen LogP contribution in [0, 0.1) is 17.2 Å². The van der Waals surface area contributed by atoms with Gasteiger partial charge in [0.25, 0.3) is 5.91 Å². The first-order valence-electron chi connectivity index (χ1n) is 8.25. The van der Waals surface area contributed by atoms with Gasteiger partial charge in [0.2, 0.25) is 5.91 Å². The van der Waals surface area contributed by atoms with Gasteiger partial charge in [-0.3, -0.25) is 9.59 Å². The molecule has 1 N–H and O–H groups in total. The second kappa shape index (κ2) is 7.67. The molecule has 0 bridgehead atoms. The highest BCUT2D eigenvalue weighted by Crippen LogP contribution is 2.21. The first-order chi connectivity index (χ1) is 12.2. The van der Waals surface area contributed by atoms with Crippen molar-refractivity contribution in [3.8, 4) is 6.07 Å². The van der Waals surface area contributed by atoms with Crippen molar-refractivity contribution in [3.05, 3.63) is 54.0 Å². The smallest absolute Gasteiger partial charge is 0.257 e. The zero-order chi connectivity index (χ0) is 17.6. The number of nitriles is 1. The molecule has 25 heavy (non-hydrogen) atoms. The van der Waals surface area contributed by atoms with Gasteiger partial charge in [0.15, 0.2) is 0 Å². The summed E-state index contributed by atoms with van der Waals surface area (Å²) in [7, 11) is 0. The average molecular weight is 337 g/mol. The Hall–Kier alpha value is -3.07. The SMILES string of the molecule is N#CCc1ccc(NC(=O)C2CCN(C(=O)c3ccoc3)CC2)cc1. The van der Waals surface area contributed by atoms with Crippen molar-refractivity contribution in [1.82, 2.24) is 4.90 Å². The molecule has 0 atom stereocenters. The van der Waals surface area contributed by atoms with Gasteiger partial charge in [-0.25, -0.2) is 0 Å². The molecule has 2 amide bonds. The molecule has 6 nitrogen and oxygen atoms in total. The number of rotatable bonds is 4. The summed E-state index contributed by atoms with van der Waals surface area (Å²) in [5.41, 5.74) is 2.19. The zero-order valence-corrected chi connectivity index (χ0v) is 13.8. The Kier molecular flexibility index (Phi) is 5.14. The maximum atomic E-state index is 12.4. The summed E-state index contributed by atoms with van der Waals surface area (Å²) < 4.78 is 4.95. The number of furan rings is 1. The topological polar surface area (TPSA) is 86.3 Å². The molecule has 1 aromatic carbocycles. The third-order valence-electron chi connectivity index (χ3n) is 4.43. The fourth-order valence-corrected chi connectivity index (χ4v) is 2.96. The lowest BCUT2D eigenvalue weighted by Crippen LogP contribution is -2.41. The summed E-state index contributed by atoms with van der Waals surface area (Å²) in [5.74, 6) is -0.184. The van der Waals surface area contributed by atoms with Gasteiger partial charge in [-0.05, 0) is 36.6 Å². The molecule has 2 heterocycles. The van der Waals surface area contributed by atoms with Crippen molar-refractivity contribution >= 4 is 17.5 Å². The van der Waals surface area contributed by atoms with Crippen molar-refractivity contribution in [1.29, 1.82) is 5.26 Å². The maximum absolute atomic E-state index is 12.4. The molecule has 0 radical (unpaired) electrons. The summed E-state index contributed by atoms with van der Waals surface area (Å²) in [6.07, 6.45) is 4.56. The predicted octanol–water partition coefficient (Wildman–Crippen LogP) is 2.84. The van der Waals surface area contributed by atoms with E-state index in [2.05, 4.69) is 11.4 Å². The Morgan fingerprint density at radius 3 is 2.52 bits per heavy atom. The molecule has 1 aliphatic rings. The number of benzene rings is 1. The molecule has 3 rings (SSSR count). The number of piperidine rings is 1. The lowest BCUT2D eigenvalue weighted by Gasteiger charge is -2.31. The number of hydrogen-bond donors (Lipinski definition) is 1. The number of carbonyl (C=O) groups excluding carboxylic acids is 2. The number of nitrogens with zero attached hydrogens (tertiary/aromatic N) is 2. The summed E-state index contributed by atoms with van der Waals surface area (Å²) in [5, 5.41) is 11.6. The molecular weight excluding hydrogens is 318 g/mol. The predicted molar refractivity (Wildman–Crippen MR) is 91.7 cm³/mol. The molecule has 0 aliphatic carbocycles. The quantitative estimate of drug-likeness (QED) is 0.929. The summed E-state index contributed by atoms with van der Waals surface area (Å²) in [6.45, 7) is 1.12. The molecule has 0 saturated carbocycles. The van der Waals surface area contributed by atoms with Crippen LogP contribution in [0.3, 0.4) is 0 Å². The highest BCUT2D eigenvalue weighted by Gasteiger charge is 2.28. The summed E-state index contributed by atoms with van der Waals surface area (Å²) >= 11 is 0. The highest BCUT2D eigenvalue weighted by atomic mass is 16.3. The lowest BCUT2D eigenvalue weighted by atomic mass is 9.95.